The molecule has 0 saturated heterocycles. The summed E-state index contributed by atoms with van der Waals surface area (Å²) in [7, 11) is -5.88. The van der Waals surface area contributed by atoms with E-state index >= 15 is 0 Å². The van der Waals surface area contributed by atoms with Crippen molar-refractivity contribution in [1.82, 2.24) is 0 Å². The number of fused-ring (bicyclic) bond motifs is 2. The van der Waals surface area contributed by atoms with Crippen molar-refractivity contribution in [2.24, 2.45) is 11.8 Å². The van der Waals surface area contributed by atoms with Crippen molar-refractivity contribution >= 4 is 22.1 Å². The minimum atomic E-state index is -5.88. The highest BCUT2D eigenvalue weighted by atomic mass is 32.2. The van der Waals surface area contributed by atoms with Crippen molar-refractivity contribution in [3.8, 4) is 0 Å². The Labute approximate surface area is 131 Å². The lowest BCUT2D eigenvalue weighted by molar-refractivity contribution is -0.172. The quantitative estimate of drug-likeness (QED) is 0.450. The number of alkyl halides is 2. The largest absolute Gasteiger partial charge is 0.465 e. The van der Waals surface area contributed by atoms with Gasteiger partial charge in [-0.25, -0.2) is 9.59 Å². The maximum Gasteiger partial charge on any atom is 0.465 e. The molecule has 4 atom stereocenters. The molecular formula is C13H16F2O7S. The van der Waals surface area contributed by atoms with E-state index in [4.69, 9.17) is 9.29 Å². The minimum Gasteiger partial charge on any atom is -0.459 e. The standard InChI is InChI=1S/C13H16F2O7S/c1-6(2)11(16)21-9-4-8-3-7(9)5-10(8)22-12(17)13(14,15)23(18,19)20/h7-10H,1,3-5H2,2H3,(H,18,19,20). The average Bonchev–Trinajstić information content (AvgIpc) is 2.96. The normalized spacial score (nSPS) is 30.1. The molecule has 23 heavy (non-hydrogen) atoms. The summed E-state index contributed by atoms with van der Waals surface area (Å²) in [6.45, 7) is 4.95. The summed E-state index contributed by atoms with van der Waals surface area (Å²) >= 11 is 0. The summed E-state index contributed by atoms with van der Waals surface area (Å²) in [4.78, 5) is 22.8. The fraction of sp³-hybridized carbons (Fsp3) is 0.692. The first-order valence-corrected chi connectivity index (χ1v) is 8.30. The zero-order valence-electron chi connectivity index (χ0n) is 12.2. The molecule has 2 saturated carbocycles. The molecule has 7 nitrogen and oxygen atoms in total. The number of halogens is 2. The third-order valence-electron chi connectivity index (χ3n) is 4.15. The first-order valence-electron chi connectivity index (χ1n) is 6.86. The zero-order valence-corrected chi connectivity index (χ0v) is 13.0. The third-order valence-corrected chi connectivity index (χ3v) is 4.97. The van der Waals surface area contributed by atoms with E-state index in [0.29, 0.717) is 12.8 Å². The molecule has 0 heterocycles. The maximum atomic E-state index is 13.2. The van der Waals surface area contributed by atoms with Crippen LogP contribution in [0.1, 0.15) is 26.2 Å². The van der Waals surface area contributed by atoms with Crippen molar-refractivity contribution in [1.29, 1.82) is 0 Å². The first-order chi connectivity index (χ1) is 10.4. The molecule has 2 fully saturated rings. The van der Waals surface area contributed by atoms with E-state index in [0.717, 1.165) is 0 Å². The van der Waals surface area contributed by atoms with Crippen LogP contribution in [0.15, 0.2) is 12.2 Å². The van der Waals surface area contributed by atoms with Gasteiger partial charge in [-0.05, 0) is 38.0 Å². The summed E-state index contributed by atoms with van der Waals surface area (Å²) < 4.78 is 65.5. The molecular weight excluding hydrogens is 338 g/mol. The van der Waals surface area contributed by atoms with Gasteiger partial charge in [0.25, 0.3) is 0 Å². The summed E-state index contributed by atoms with van der Waals surface area (Å²) in [6.07, 6.45) is -0.254. The Bertz CT molecular complexity index is 643. The molecule has 0 radical (unpaired) electrons. The lowest BCUT2D eigenvalue weighted by Crippen LogP contribution is -2.42. The van der Waals surface area contributed by atoms with Crippen LogP contribution in [-0.4, -0.2) is 42.4 Å². The SMILES string of the molecule is C=C(C)C(=O)OC1CC2CC1CC2OC(=O)C(F)(F)S(=O)(=O)O. The van der Waals surface area contributed by atoms with Crippen LogP contribution in [0.4, 0.5) is 8.78 Å². The molecule has 0 aliphatic heterocycles. The van der Waals surface area contributed by atoms with Gasteiger partial charge in [0.15, 0.2) is 0 Å². The molecule has 0 aromatic heterocycles. The van der Waals surface area contributed by atoms with Gasteiger partial charge in [-0.1, -0.05) is 6.58 Å². The highest BCUT2D eigenvalue weighted by Crippen LogP contribution is 2.48. The molecule has 2 bridgehead atoms. The Morgan fingerprint density at radius 3 is 2.00 bits per heavy atom. The van der Waals surface area contributed by atoms with Crippen molar-refractivity contribution in [3.05, 3.63) is 12.2 Å². The molecule has 0 amide bonds. The lowest BCUT2D eigenvalue weighted by Gasteiger charge is -2.28. The van der Waals surface area contributed by atoms with Crippen molar-refractivity contribution in [2.45, 2.75) is 43.6 Å². The highest BCUT2D eigenvalue weighted by molar-refractivity contribution is 7.87. The molecule has 0 spiro atoms. The summed E-state index contributed by atoms with van der Waals surface area (Å²) in [5.41, 5.74) is 0.239. The Morgan fingerprint density at radius 1 is 1.13 bits per heavy atom. The van der Waals surface area contributed by atoms with Crippen LogP contribution in [0.25, 0.3) is 0 Å². The van der Waals surface area contributed by atoms with Gasteiger partial charge in [-0.3, -0.25) is 4.55 Å². The smallest absolute Gasteiger partial charge is 0.459 e. The molecule has 130 valence electrons. The van der Waals surface area contributed by atoms with Gasteiger partial charge in [0.05, 0.1) is 0 Å². The Morgan fingerprint density at radius 2 is 1.61 bits per heavy atom. The molecule has 2 rings (SSSR count). The van der Waals surface area contributed by atoms with E-state index in [2.05, 4.69) is 11.3 Å². The number of ether oxygens (including phenoxy) is 2. The van der Waals surface area contributed by atoms with Gasteiger partial charge in [-0.15, -0.1) is 0 Å². The Balaban J connectivity index is 1.95. The number of hydrogen-bond donors (Lipinski definition) is 1. The summed E-state index contributed by atoms with van der Waals surface area (Å²) in [5, 5.41) is -5.00. The Kier molecular flexibility index (Phi) is 4.51. The summed E-state index contributed by atoms with van der Waals surface area (Å²) in [6, 6.07) is 0. The van der Waals surface area contributed by atoms with Crippen LogP contribution >= 0.6 is 0 Å². The van der Waals surface area contributed by atoms with Gasteiger partial charge < -0.3 is 9.47 Å². The van der Waals surface area contributed by atoms with Crippen LogP contribution in [0, 0.1) is 11.8 Å². The topological polar surface area (TPSA) is 107 Å². The fourth-order valence-corrected chi connectivity index (χ4v) is 3.27. The van der Waals surface area contributed by atoms with E-state index < -0.39 is 39.5 Å². The van der Waals surface area contributed by atoms with Crippen molar-refractivity contribution in [3.63, 3.8) is 0 Å². The molecule has 4 unspecified atom stereocenters. The van der Waals surface area contributed by atoms with Gasteiger partial charge >= 0.3 is 27.3 Å². The van der Waals surface area contributed by atoms with E-state index in [1.807, 2.05) is 0 Å². The van der Waals surface area contributed by atoms with E-state index in [9.17, 15) is 26.8 Å². The second-order valence-electron chi connectivity index (χ2n) is 5.89. The molecule has 0 aromatic carbocycles. The molecule has 2 aliphatic rings. The summed E-state index contributed by atoms with van der Waals surface area (Å²) in [5.74, 6) is -3.30. The minimum absolute atomic E-state index is 0.152. The first kappa shape index (κ1) is 17.8. The van der Waals surface area contributed by atoms with Crippen molar-refractivity contribution in [2.75, 3.05) is 0 Å². The monoisotopic (exact) mass is 354 g/mol. The molecule has 2 aliphatic carbocycles. The van der Waals surface area contributed by atoms with Crippen LogP contribution in [0.2, 0.25) is 0 Å². The highest BCUT2D eigenvalue weighted by Gasteiger charge is 2.57. The second kappa shape index (κ2) is 5.82. The van der Waals surface area contributed by atoms with E-state index in [1.165, 1.54) is 6.92 Å². The average molecular weight is 354 g/mol. The fourth-order valence-electron chi connectivity index (χ4n) is 3.01. The number of carbonyl (C=O) groups excluding carboxylic acids is 2. The van der Waals surface area contributed by atoms with Gasteiger partial charge in [0.1, 0.15) is 12.2 Å². The van der Waals surface area contributed by atoms with Crippen LogP contribution < -0.4 is 0 Å². The zero-order chi connectivity index (χ0) is 17.6. The van der Waals surface area contributed by atoms with Gasteiger partial charge in [0, 0.05) is 5.57 Å². The number of esters is 2. The lowest BCUT2D eigenvalue weighted by atomic mass is 9.95. The number of hydrogen-bond acceptors (Lipinski definition) is 6. The van der Waals surface area contributed by atoms with Crippen LogP contribution in [-0.2, 0) is 29.2 Å². The predicted molar refractivity (Wildman–Crippen MR) is 71.9 cm³/mol. The second-order valence-corrected chi connectivity index (χ2v) is 7.35. The molecule has 0 aromatic rings. The van der Waals surface area contributed by atoms with Gasteiger partial charge in [-0.2, -0.15) is 17.2 Å². The van der Waals surface area contributed by atoms with Gasteiger partial charge in [0.2, 0.25) is 0 Å². The number of rotatable bonds is 5. The van der Waals surface area contributed by atoms with Crippen molar-refractivity contribution < 1.29 is 40.8 Å². The predicted octanol–water partition coefficient (Wildman–Crippen LogP) is 1.30. The Hall–Kier alpha value is -1.55. The van der Waals surface area contributed by atoms with Crippen LogP contribution in [0.3, 0.4) is 0 Å². The maximum absolute atomic E-state index is 13.2. The third kappa shape index (κ3) is 3.37. The number of carbonyl (C=O) groups is 2. The van der Waals surface area contributed by atoms with E-state index in [1.54, 1.807) is 0 Å². The van der Waals surface area contributed by atoms with Crippen LogP contribution in [0.5, 0.6) is 0 Å². The molecule has 1 N–H and O–H groups in total. The molecule has 10 heteroatoms. The van der Waals surface area contributed by atoms with E-state index in [-0.39, 0.29) is 23.8 Å².